The van der Waals surface area contributed by atoms with Crippen LogP contribution in [-0.2, 0) is 0 Å². The lowest BCUT2D eigenvalue weighted by molar-refractivity contribution is 0.236. The number of imide groups is 1. The summed E-state index contributed by atoms with van der Waals surface area (Å²) in [6.45, 7) is 0. The van der Waals surface area contributed by atoms with Gasteiger partial charge >= 0.3 is 12.1 Å². The summed E-state index contributed by atoms with van der Waals surface area (Å²) in [5.74, 6) is 0. The molecule has 40 valence electrons. The molecular weight excluding hydrogens is 101 g/mol. The number of urea groups is 2. The summed E-state index contributed by atoms with van der Waals surface area (Å²) in [5, 5.41) is 1.58. The molecule has 0 aliphatic carbocycles. The molecule has 0 heterocycles. The van der Waals surface area contributed by atoms with Gasteiger partial charge < -0.3 is 11.5 Å². The van der Waals surface area contributed by atoms with Crippen LogP contribution in [0.15, 0.2) is 0 Å². The molecule has 4 amide bonds. The Balaban J connectivity index is 3.32. The van der Waals surface area contributed by atoms with Gasteiger partial charge in [0.15, 0.2) is 0 Å². The quantitative estimate of drug-likeness (QED) is 0.335. The maximum Gasteiger partial charge on any atom is 0.320 e. The Bertz CT molecular complexity index is 87.1. The van der Waals surface area contributed by atoms with Crippen molar-refractivity contribution in [2.75, 3.05) is 0 Å². The minimum Gasteiger partial charge on any atom is -0.351 e. The van der Waals surface area contributed by atoms with Gasteiger partial charge in [-0.05, 0) is 0 Å². The van der Waals surface area contributed by atoms with E-state index < -0.39 is 12.1 Å². The highest BCUT2D eigenvalue weighted by Gasteiger charge is 1.92. The zero-order valence-electron chi connectivity index (χ0n) is 3.47. The van der Waals surface area contributed by atoms with Crippen LogP contribution >= 0.6 is 0 Å². The van der Waals surface area contributed by atoms with Gasteiger partial charge in [0.2, 0.25) is 0 Å². The summed E-state index contributed by atoms with van der Waals surface area (Å²) >= 11 is 0. The topological polar surface area (TPSA) is 98.2 Å². The normalized spacial score (nSPS) is 7.43. The van der Waals surface area contributed by atoms with E-state index in [1.54, 1.807) is 5.32 Å². The van der Waals surface area contributed by atoms with E-state index in [-0.39, 0.29) is 0 Å². The fourth-order valence-electron chi connectivity index (χ4n) is 0.121. The van der Waals surface area contributed by atoms with Crippen molar-refractivity contribution in [2.24, 2.45) is 11.5 Å². The second-order valence-electron chi connectivity index (χ2n) is 0.854. The number of hydrogen-bond donors (Lipinski definition) is 3. The number of nitrogens with two attached hydrogens (primary N) is 2. The number of carbonyl (C=O) groups excluding carboxylic acids is 2. The molecule has 0 fully saturated rings. The zero-order valence-corrected chi connectivity index (χ0v) is 3.47. The van der Waals surface area contributed by atoms with Crippen LogP contribution in [0.1, 0.15) is 0 Å². The Hall–Kier alpha value is -1.26. The van der Waals surface area contributed by atoms with E-state index in [0.29, 0.717) is 0 Å². The average molecular weight is 106 g/mol. The highest BCUT2D eigenvalue weighted by atomic mass is 16.3. The molecule has 0 aliphatic rings. The molecule has 0 atom stereocenters. The monoisotopic (exact) mass is 106 g/mol. The third-order valence-corrected chi connectivity index (χ3v) is 0.246. The van der Waals surface area contributed by atoms with Crippen LogP contribution in [0.25, 0.3) is 0 Å². The summed E-state index contributed by atoms with van der Waals surface area (Å²) in [7, 11) is 0. The molecule has 0 unspecified atom stereocenters. The lowest BCUT2D eigenvalue weighted by Crippen LogP contribution is -2.38. The van der Waals surface area contributed by atoms with Crippen molar-refractivity contribution in [3.63, 3.8) is 0 Å². The van der Waals surface area contributed by atoms with Gasteiger partial charge in [-0.1, -0.05) is 0 Å². The Morgan fingerprint density at radius 1 is 1.14 bits per heavy atom. The third kappa shape index (κ3) is 4.74. The zero-order chi connectivity index (χ0) is 5.86. The predicted octanol–water partition coefficient (Wildman–Crippen LogP) is -1.27. The first-order valence-corrected chi connectivity index (χ1v) is 1.49. The van der Waals surface area contributed by atoms with E-state index in [4.69, 9.17) is 0 Å². The summed E-state index contributed by atoms with van der Waals surface area (Å²) < 4.78 is 0. The Labute approximate surface area is 39.7 Å². The molecule has 5 nitrogen and oxygen atoms in total. The van der Waals surface area contributed by atoms with Gasteiger partial charge in [0, 0.05) is 0 Å². The molecule has 0 saturated heterocycles. The summed E-state index contributed by atoms with van der Waals surface area (Å²) in [5.41, 5.74) is 8.88. The molecule has 0 rings (SSSR count). The van der Waals surface area contributed by atoms with E-state index >= 15 is 0 Å². The number of primary amides is 2. The van der Waals surface area contributed by atoms with Crippen LogP contribution in [0.5, 0.6) is 0 Å². The first kappa shape index (κ1) is 5.74. The molecule has 0 spiro atoms. The SMILES string of the molecule is [15NH2]C(=O)[15NH]C([15NH2])=O. The molecule has 0 aliphatic heterocycles. The first-order valence-electron chi connectivity index (χ1n) is 1.49. The van der Waals surface area contributed by atoms with Crippen LogP contribution in [0.4, 0.5) is 9.59 Å². The van der Waals surface area contributed by atoms with E-state index in [9.17, 15) is 9.59 Å². The predicted molar refractivity (Wildman–Crippen MR) is 22.3 cm³/mol. The molecule has 0 bridgehead atoms. The van der Waals surface area contributed by atoms with E-state index in [0.717, 1.165) is 0 Å². The number of nitrogens with one attached hydrogen (secondary N) is 1. The highest BCUT2D eigenvalue weighted by Crippen LogP contribution is 1.51. The number of rotatable bonds is 0. The molecule has 0 aromatic rings. The van der Waals surface area contributed by atoms with Crippen molar-refractivity contribution < 1.29 is 9.59 Å². The van der Waals surface area contributed by atoms with E-state index in [2.05, 4.69) is 11.5 Å². The van der Waals surface area contributed by atoms with Crippen molar-refractivity contribution in [1.29, 1.82) is 0 Å². The summed E-state index contributed by atoms with van der Waals surface area (Å²) in [4.78, 5) is 19.2. The van der Waals surface area contributed by atoms with Gasteiger partial charge in [0.25, 0.3) is 0 Å². The molecule has 5 N–H and O–H groups in total. The lowest BCUT2D eigenvalue weighted by Gasteiger charge is -1.88. The third-order valence-electron chi connectivity index (χ3n) is 0.246. The van der Waals surface area contributed by atoms with Gasteiger partial charge in [-0.25, -0.2) is 9.59 Å². The van der Waals surface area contributed by atoms with Crippen molar-refractivity contribution in [3.05, 3.63) is 0 Å². The molecule has 0 aromatic carbocycles. The minimum absolute atomic E-state index is 0.937. The van der Waals surface area contributed by atoms with Crippen LogP contribution < -0.4 is 16.8 Å². The molecule has 0 aromatic heterocycles. The Kier molecular flexibility index (Phi) is 1.65. The van der Waals surface area contributed by atoms with Crippen molar-refractivity contribution in [3.8, 4) is 0 Å². The maximum absolute atomic E-state index is 9.62. The van der Waals surface area contributed by atoms with Crippen molar-refractivity contribution in [2.45, 2.75) is 0 Å². The molecule has 7 heavy (non-hydrogen) atoms. The van der Waals surface area contributed by atoms with Crippen LogP contribution in [0.3, 0.4) is 0 Å². The Morgan fingerprint density at radius 2 is 1.43 bits per heavy atom. The van der Waals surface area contributed by atoms with Crippen LogP contribution in [0.2, 0.25) is 0 Å². The number of hydrogen-bond acceptors (Lipinski definition) is 2. The van der Waals surface area contributed by atoms with Gasteiger partial charge in [-0.2, -0.15) is 0 Å². The lowest BCUT2D eigenvalue weighted by atomic mass is 11.1. The summed E-state index contributed by atoms with van der Waals surface area (Å²) in [6.07, 6.45) is 0. The van der Waals surface area contributed by atoms with Crippen LogP contribution in [-0.4, -0.2) is 12.1 Å². The van der Waals surface area contributed by atoms with Crippen LogP contribution in [0, 0.1) is 0 Å². The van der Waals surface area contributed by atoms with Gasteiger partial charge in [-0.3, -0.25) is 5.32 Å². The number of carbonyl (C=O) groups is 2. The van der Waals surface area contributed by atoms with Gasteiger partial charge in [0.05, 0.1) is 0 Å². The summed E-state index contributed by atoms with van der Waals surface area (Å²) in [6, 6.07) is -1.88. The maximum atomic E-state index is 9.62. The molecule has 0 saturated carbocycles. The van der Waals surface area contributed by atoms with E-state index in [1.165, 1.54) is 0 Å². The second-order valence-corrected chi connectivity index (χ2v) is 0.854. The highest BCUT2D eigenvalue weighted by molar-refractivity contribution is 5.91. The molecular formula is C2H5N3O2. The van der Waals surface area contributed by atoms with E-state index in [1.807, 2.05) is 0 Å². The standard InChI is InChI=1S/C2H5N3O2/c3-1(6)5-2(4)7/h(H5,3,4,5,6,7)/i3+1,4+1,5+1. The minimum atomic E-state index is -0.938. The average Bonchev–Trinajstić information content (AvgIpc) is 1.27. The first-order chi connectivity index (χ1) is 3.13. The van der Waals surface area contributed by atoms with Crippen molar-refractivity contribution >= 4 is 12.1 Å². The Morgan fingerprint density at radius 3 is 1.43 bits per heavy atom. The molecule has 0 radical (unpaired) electrons. The molecule has 5 heteroatoms. The number of amides is 4. The fourth-order valence-corrected chi connectivity index (χ4v) is 0.121. The fraction of sp³-hybridized carbons (Fsp3) is 0. The van der Waals surface area contributed by atoms with Crippen molar-refractivity contribution in [1.82, 2.24) is 5.32 Å². The van der Waals surface area contributed by atoms with Gasteiger partial charge in [0.1, 0.15) is 0 Å². The largest absolute Gasteiger partial charge is 0.351 e. The smallest absolute Gasteiger partial charge is 0.320 e. The van der Waals surface area contributed by atoms with Gasteiger partial charge in [-0.15, -0.1) is 0 Å². The second kappa shape index (κ2) is 2.01.